The molecule has 0 aliphatic carbocycles. The van der Waals surface area contributed by atoms with Crippen molar-refractivity contribution in [2.75, 3.05) is 18.5 Å². The number of halogens is 1. The number of anilines is 2. The maximum Gasteiger partial charge on any atom is 0.301 e. The van der Waals surface area contributed by atoms with Gasteiger partial charge in [0.25, 0.3) is 0 Å². The first-order chi connectivity index (χ1) is 9.56. The molecule has 0 fully saturated rings. The van der Waals surface area contributed by atoms with Gasteiger partial charge in [-0.15, -0.1) is 0 Å². The monoisotopic (exact) mass is 277 g/mol. The molecule has 4 nitrogen and oxygen atoms in total. The molecule has 0 bridgehead atoms. The molecule has 0 aliphatic heterocycles. The second-order valence-corrected chi connectivity index (χ2v) is 5.19. The Morgan fingerprint density at radius 1 is 1.40 bits per heavy atom. The molecule has 0 aliphatic rings. The minimum Gasteiger partial charge on any atom is -0.431 e. The predicted molar refractivity (Wildman–Crippen MR) is 77.5 cm³/mol. The molecule has 1 heterocycles. The molecule has 5 heteroatoms. The van der Waals surface area contributed by atoms with E-state index in [1.165, 1.54) is 12.1 Å². The van der Waals surface area contributed by atoms with E-state index in [2.05, 4.69) is 24.1 Å². The summed E-state index contributed by atoms with van der Waals surface area (Å²) < 4.78 is 18.6. The van der Waals surface area contributed by atoms with Gasteiger partial charge in [0.05, 0.1) is 5.69 Å². The van der Waals surface area contributed by atoms with Crippen LogP contribution in [0.4, 0.5) is 16.1 Å². The van der Waals surface area contributed by atoms with Crippen LogP contribution in [0.2, 0.25) is 0 Å². The molecular weight excluding hydrogens is 257 g/mol. The molecule has 1 aromatic carbocycles. The minimum atomic E-state index is -0.278. The third-order valence-electron chi connectivity index (χ3n) is 2.88. The van der Waals surface area contributed by atoms with Crippen LogP contribution in [0.25, 0.3) is 0 Å². The Labute approximate surface area is 118 Å². The van der Waals surface area contributed by atoms with Crippen molar-refractivity contribution in [1.82, 2.24) is 10.3 Å². The standard InChI is InChI=1S/C15H20FN3O/c1-11(2)8-17-9-13-10-20-15(18-13)19(3)14-6-4-5-12(16)7-14/h4-7,10-11,17H,8-9H2,1-3H3. The average Bonchev–Trinajstić information content (AvgIpc) is 2.86. The topological polar surface area (TPSA) is 41.3 Å². The van der Waals surface area contributed by atoms with Crippen LogP contribution >= 0.6 is 0 Å². The van der Waals surface area contributed by atoms with Crippen LogP contribution in [-0.2, 0) is 6.54 Å². The van der Waals surface area contributed by atoms with Crippen molar-refractivity contribution >= 4 is 11.7 Å². The normalized spacial score (nSPS) is 11.1. The van der Waals surface area contributed by atoms with Crippen LogP contribution in [-0.4, -0.2) is 18.6 Å². The Hall–Kier alpha value is -1.88. The van der Waals surface area contributed by atoms with Crippen molar-refractivity contribution in [2.45, 2.75) is 20.4 Å². The van der Waals surface area contributed by atoms with Crippen LogP contribution in [0, 0.1) is 11.7 Å². The van der Waals surface area contributed by atoms with Gasteiger partial charge in [0.15, 0.2) is 0 Å². The SMILES string of the molecule is CC(C)CNCc1coc(N(C)c2cccc(F)c2)n1. The van der Waals surface area contributed by atoms with Crippen LogP contribution < -0.4 is 10.2 Å². The highest BCUT2D eigenvalue weighted by Crippen LogP contribution is 2.23. The van der Waals surface area contributed by atoms with Gasteiger partial charge in [0.1, 0.15) is 12.1 Å². The highest BCUT2D eigenvalue weighted by molar-refractivity contribution is 5.55. The van der Waals surface area contributed by atoms with Gasteiger partial charge in [-0.25, -0.2) is 4.39 Å². The van der Waals surface area contributed by atoms with E-state index in [-0.39, 0.29) is 5.82 Å². The van der Waals surface area contributed by atoms with Crippen molar-refractivity contribution in [3.63, 3.8) is 0 Å². The molecule has 108 valence electrons. The van der Waals surface area contributed by atoms with Gasteiger partial charge >= 0.3 is 6.01 Å². The fourth-order valence-electron chi connectivity index (χ4n) is 1.82. The van der Waals surface area contributed by atoms with E-state index in [9.17, 15) is 4.39 Å². The Kier molecular flexibility index (Phi) is 4.74. The summed E-state index contributed by atoms with van der Waals surface area (Å²) in [4.78, 5) is 6.10. The molecule has 20 heavy (non-hydrogen) atoms. The molecule has 2 rings (SSSR count). The van der Waals surface area contributed by atoms with Crippen molar-refractivity contribution in [2.24, 2.45) is 5.92 Å². The summed E-state index contributed by atoms with van der Waals surface area (Å²) in [6, 6.07) is 6.78. The number of nitrogens with zero attached hydrogens (tertiary/aromatic N) is 2. The van der Waals surface area contributed by atoms with Crippen molar-refractivity contribution in [3.05, 3.63) is 42.0 Å². The van der Waals surface area contributed by atoms with Crippen LogP contribution in [0.5, 0.6) is 0 Å². The molecule has 0 amide bonds. The molecule has 2 aromatic rings. The number of hydrogen-bond acceptors (Lipinski definition) is 4. The van der Waals surface area contributed by atoms with Gasteiger partial charge in [0.2, 0.25) is 0 Å². The maximum atomic E-state index is 13.2. The molecule has 0 spiro atoms. The van der Waals surface area contributed by atoms with Gasteiger partial charge in [-0.2, -0.15) is 4.98 Å². The average molecular weight is 277 g/mol. The van der Waals surface area contributed by atoms with Crippen molar-refractivity contribution in [3.8, 4) is 0 Å². The van der Waals surface area contributed by atoms with Crippen molar-refractivity contribution in [1.29, 1.82) is 0 Å². The molecule has 0 unspecified atom stereocenters. The number of oxazole rings is 1. The van der Waals surface area contributed by atoms with Crippen molar-refractivity contribution < 1.29 is 8.81 Å². The van der Waals surface area contributed by atoms with E-state index < -0.39 is 0 Å². The zero-order valence-corrected chi connectivity index (χ0v) is 12.1. The maximum absolute atomic E-state index is 13.2. The number of aromatic nitrogens is 1. The molecule has 0 atom stereocenters. The molecule has 0 saturated carbocycles. The van der Waals surface area contributed by atoms with E-state index in [1.807, 2.05) is 6.07 Å². The Morgan fingerprint density at radius 2 is 2.20 bits per heavy atom. The largest absolute Gasteiger partial charge is 0.431 e. The number of rotatable bonds is 6. The number of nitrogens with one attached hydrogen (secondary N) is 1. The molecule has 0 radical (unpaired) electrons. The molecule has 1 aromatic heterocycles. The van der Waals surface area contributed by atoms with E-state index in [0.717, 1.165) is 12.2 Å². The Balaban J connectivity index is 2.01. The molecular formula is C15H20FN3O. The Bertz CT molecular complexity index is 554. The lowest BCUT2D eigenvalue weighted by Crippen LogP contribution is -2.19. The third-order valence-corrected chi connectivity index (χ3v) is 2.88. The second kappa shape index (κ2) is 6.52. The second-order valence-electron chi connectivity index (χ2n) is 5.19. The van der Waals surface area contributed by atoms with E-state index >= 15 is 0 Å². The lowest BCUT2D eigenvalue weighted by atomic mass is 10.2. The van der Waals surface area contributed by atoms with E-state index in [0.29, 0.717) is 24.2 Å². The van der Waals surface area contributed by atoms with Crippen LogP contribution in [0.3, 0.4) is 0 Å². The number of benzene rings is 1. The highest BCUT2D eigenvalue weighted by atomic mass is 19.1. The zero-order chi connectivity index (χ0) is 14.5. The summed E-state index contributed by atoms with van der Waals surface area (Å²) in [6.45, 7) is 5.90. The molecule has 1 N–H and O–H groups in total. The summed E-state index contributed by atoms with van der Waals surface area (Å²) in [5.41, 5.74) is 1.54. The van der Waals surface area contributed by atoms with Gasteiger partial charge in [-0.1, -0.05) is 19.9 Å². The third kappa shape index (κ3) is 3.81. The molecule has 0 saturated heterocycles. The Morgan fingerprint density at radius 3 is 2.90 bits per heavy atom. The first-order valence-corrected chi connectivity index (χ1v) is 6.70. The van der Waals surface area contributed by atoms with Gasteiger partial charge in [-0.3, -0.25) is 4.90 Å². The first-order valence-electron chi connectivity index (χ1n) is 6.70. The summed E-state index contributed by atoms with van der Waals surface area (Å²) in [5, 5.41) is 3.30. The van der Waals surface area contributed by atoms with E-state index in [1.54, 1.807) is 24.3 Å². The summed E-state index contributed by atoms with van der Waals surface area (Å²) >= 11 is 0. The number of hydrogen-bond donors (Lipinski definition) is 1. The summed E-state index contributed by atoms with van der Waals surface area (Å²) in [7, 11) is 1.80. The predicted octanol–water partition coefficient (Wildman–Crippen LogP) is 3.33. The minimum absolute atomic E-state index is 0.278. The fourth-order valence-corrected chi connectivity index (χ4v) is 1.82. The van der Waals surface area contributed by atoms with Gasteiger partial charge in [-0.05, 0) is 30.7 Å². The van der Waals surface area contributed by atoms with Gasteiger partial charge in [0, 0.05) is 19.3 Å². The van der Waals surface area contributed by atoms with Crippen LogP contribution in [0.15, 0.2) is 34.9 Å². The quantitative estimate of drug-likeness (QED) is 0.879. The highest BCUT2D eigenvalue weighted by Gasteiger charge is 2.11. The summed E-state index contributed by atoms with van der Waals surface area (Å²) in [5.74, 6) is 0.316. The lowest BCUT2D eigenvalue weighted by Gasteiger charge is -2.14. The lowest BCUT2D eigenvalue weighted by molar-refractivity contribution is 0.540. The van der Waals surface area contributed by atoms with E-state index in [4.69, 9.17) is 4.42 Å². The zero-order valence-electron chi connectivity index (χ0n) is 12.1. The smallest absolute Gasteiger partial charge is 0.301 e. The van der Waals surface area contributed by atoms with Gasteiger partial charge < -0.3 is 9.73 Å². The van der Waals surface area contributed by atoms with Crippen LogP contribution in [0.1, 0.15) is 19.5 Å². The first kappa shape index (κ1) is 14.5. The summed E-state index contributed by atoms with van der Waals surface area (Å²) in [6.07, 6.45) is 1.62. The fraction of sp³-hybridized carbons (Fsp3) is 0.400.